The summed E-state index contributed by atoms with van der Waals surface area (Å²) in [7, 11) is 0. The van der Waals surface area contributed by atoms with Crippen LogP contribution in [0.5, 0.6) is 0 Å². The molecule has 6 nitrogen and oxygen atoms in total. The second kappa shape index (κ2) is 11.6. The summed E-state index contributed by atoms with van der Waals surface area (Å²) < 4.78 is 48.9. The van der Waals surface area contributed by atoms with Gasteiger partial charge in [0.25, 0.3) is 5.91 Å². The SMILES string of the molecule is O=C(NCCNC1CCOC1)c1ccc(-c2ccc(-c3ccc(Cl)cc3)n2-c2cnccc2C(F)(F)F)cc1. The van der Waals surface area contributed by atoms with Crippen molar-refractivity contribution in [3.63, 3.8) is 0 Å². The highest BCUT2D eigenvalue weighted by molar-refractivity contribution is 6.30. The zero-order valence-electron chi connectivity index (χ0n) is 20.8. The number of alkyl halides is 3. The standard InChI is InChI=1S/C29H26ClF3N4O2/c30-22-7-5-20(6-8-22)26-10-9-25(37(26)27-17-34-13-11-24(27)29(31,32)33)19-1-3-21(4-2-19)28(38)36-15-14-35-23-12-16-39-18-23/h1-11,13,17,23,35H,12,14-16,18H2,(H,36,38). The number of benzene rings is 2. The molecule has 5 rings (SSSR count). The molecule has 39 heavy (non-hydrogen) atoms. The molecule has 0 radical (unpaired) electrons. The minimum absolute atomic E-state index is 0.100. The number of pyridine rings is 1. The van der Waals surface area contributed by atoms with Crippen molar-refractivity contribution in [1.29, 1.82) is 0 Å². The van der Waals surface area contributed by atoms with Crippen LogP contribution >= 0.6 is 11.6 Å². The fourth-order valence-electron chi connectivity index (χ4n) is 4.61. The predicted octanol–water partition coefficient (Wildman–Crippen LogP) is 5.99. The van der Waals surface area contributed by atoms with Crippen LogP contribution in [-0.2, 0) is 10.9 Å². The highest BCUT2D eigenvalue weighted by atomic mass is 35.5. The Bertz CT molecular complexity index is 1430. The van der Waals surface area contributed by atoms with Crippen LogP contribution in [0.1, 0.15) is 22.3 Å². The van der Waals surface area contributed by atoms with E-state index >= 15 is 0 Å². The number of rotatable bonds is 8. The minimum atomic E-state index is -4.58. The van der Waals surface area contributed by atoms with E-state index in [1.54, 1.807) is 60.7 Å². The van der Waals surface area contributed by atoms with E-state index in [1.165, 1.54) is 10.8 Å². The van der Waals surface area contributed by atoms with Gasteiger partial charge in [-0.15, -0.1) is 0 Å². The minimum Gasteiger partial charge on any atom is -0.380 e. The fourth-order valence-corrected chi connectivity index (χ4v) is 4.74. The molecule has 202 valence electrons. The van der Waals surface area contributed by atoms with Gasteiger partial charge in [0, 0.05) is 42.5 Å². The molecule has 2 aromatic carbocycles. The molecule has 0 spiro atoms. The Balaban J connectivity index is 1.44. The molecule has 0 bridgehead atoms. The first-order valence-electron chi connectivity index (χ1n) is 12.5. The first-order chi connectivity index (χ1) is 18.8. The number of ether oxygens (including phenoxy) is 1. The van der Waals surface area contributed by atoms with Gasteiger partial charge in [-0.05, 0) is 60.0 Å². The normalized spacial score (nSPS) is 15.4. The number of hydrogen-bond donors (Lipinski definition) is 2. The second-order valence-electron chi connectivity index (χ2n) is 9.18. The molecule has 2 N–H and O–H groups in total. The van der Waals surface area contributed by atoms with Crippen molar-refractivity contribution >= 4 is 17.5 Å². The summed E-state index contributed by atoms with van der Waals surface area (Å²) in [4.78, 5) is 16.6. The van der Waals surface area contributed by atoms with Gasteiger partial charge < -0.3 is 19.9 Å². The lowest BCUT2D eigenvalue weighted by Gasteiger charge is -2.19. The second-order valence-corrected chi connectivity index (χ2v) is 9.62. The Hall–Kier alpha value is -3.66. The third-order valence-corrected chi connectivity index (χ3v) is 6.84. The van der Waals surface area contributed by atoms with E-state index in [1.807, 2.05) is 0 Å². The van der Waals surface area contributed by atoms with Gasteiger partial charge in [-0.25, -0.2) is 0 Å². The molecule has 4 aromatic rings. The van der Waals surface area contributed by atoms with Crippen molar-refractivity contribution in [2.24, 2.45) is 0 Å². The number of carbonyl (C=O) groups excluding carboxylic acids is 1. The van der Waals surface area contributed by atoms with Crippen LogP contribution < -0.4 is 10.6 Å². The van der Waals surface area contributed by atoms with Crippen LogP contribution in [0.3, 0.4) is 0 Å². The van der Waals surface area contributed by atoms with Gasteiger partial charge in [-0.3, -0.25) is 9.78 Å². The molecule has 1 saturated heterocycles. The summed E-state index contributed by atoms with van der Waals surface area (Å²) in [5.41, 5.74) is 1.95. The maximum atomic E-state index is 14.0. The molecule has 1 atom stereocenters. The predicted molar refractivity (Wildman–Crippen MR) is 144 cm³/mol. The molecular formula is C29H26ClF3N4O2. The van der Waals surface area contributed by atoms with Crippen LogP contribution in [-0.4, -0.2) is 47.8 Å². The molecule has 0 saturated carbocycles. The summed E-state index contributed by atoms with van der Waals surface area (Å²) in [5.74, 6) is -0.227. The van der Waals surface area contributed by atoms with E-state index < -0.39 is 11.7 Å². The summed E-state index contributed by atoms with van der Waals surface area (Å²) in [6, 6.07) is 18.5. The maximum absolute atomic E-state index is 14.0. The average Bonchev–Trinajstić information content (AvgIpc) is 3.61. The van der Waals surface area contributed by atoms with Crippen LogP contribution in [0.2, 0.25) is 5.02 Å². The van der Waals surface area contributed by atoms with Gasteiger partial charge in [-0.2, -0.15) is 13.2 Å². The van der Waals surface area contributed by atoms with Crippen molar-refractivity contribution < 1.29 is 22.7 Å². The first kappa shape index (κ1) is 26.9. The van der Waals surface area contributed by atoms with E-state index in [0.29, 0.717) is 58.8 Å². The number of carbonyl (C=O) groups is 1. The largest absolute Gasteiger partial charge is 0.418 e. The lowest BCUT2D eigenvalue weighted by molar-refractivity contribution is -0.137. The van der Waals surface area contributed by atoms with Gasteiger partial charge >= 0.3 is 6.18 Å². The Labute approximate surface area is 228 Å². The lowest BCUT2D eigenvalue weighted by Crippen LogP contribution is -2.37. The number of amides is 1. The van der Waals surface area contributed by atoms with Crippen LogP contribution in [0, 0.1) is 0 Å². The van der Waals surface area contributed by atoms with Crippen LogP contribution in [0.4, 0.5) is 13.2 Å². The molecule has 1 aliphatic rings. The Morgan fingerprint density at radius 1 is 0.974 bits per heavy atom. The quantitative estimate of drug-likeness (QED) is 0.263. The van der Waals surface area contributed by atoms with Crippen molar-refractivity contribution in [2.45, 2.75) is 18.6 Å². The zero-order valence-corrected chi connectivity index (χ0v) is 21.6. The van der Waals surface area contributed by atoms with E-state index in [-0.39, 0.29) is 11.6 Å². The van der Waals surface area contributed by atoms with Gasteiger partial charge in [-0.1, -0.05) is 35.9 Å². The van der Waals surface area contributed by atoms with E-state index in [2.05, 4.69) is 15.6 Å². The molecule has 1 unspecified atom stereocenters. The van der Waals surface area contributed by atoms with E-state index in [9.17, 15) is 18.0 Å². The van der Waals surface area contributed by atoms with Crippen molar-refractivity contribution in [3.05, 3.63) is 95.3 Å². The molecule has 1 amide bonds. The third kappa shape index (κ3) is 6.16. The summed E-state index contributed by atoms with van der Waals surface area (Å²) >= 11 is 6.05. The molecule has 0 aliphatic carbocycles. The third-order valence-electron chi connectivity index (χ3n) is 6.58. The van der Waals surface area contributed by atoms with Gasteiger partial charge in [0.05, 0.1) is 35.4 Å². The van der Waals surface area contributed by atoms with Crippen LogP contribution in [0.25, 0.3) is 28.2 Å². The maximum Gasteiger partial charge on any atom is 0.418 e. The number of halogens is 4. The monoisotopic (exact) mass is 554 g/mol. The van der Waals surface area contributed by atoms with Gasteiger partial charge in [0.2, 0.25) is 0 Å². The summed E-state index contributed by atoms with van der Waals surface area (Å²) in [5, 5.41) is 6.74. The average molecular weight is 555 g/mol. The molecule has 1 aliphatic heterocycles. The van der Waals surface area contributed by atoms with E-state index in [4.69, 9.17) is 16.3 Å². The number of nitrogens with one attached hydrogen (secondary N) is 2. The Morgan fingerprint density at radius 3 is 2.26 bits per heavy atom. The molecule has 1 fully saturated rings. The molecular weight excluding hydrogens is 529 g/mol. The lowest BCUT2D eigenvalue weighted by atomic mass is 10.1. The molecule has 2 aromatic heterocycles. The topological polar surface area (TPSA) is 68.2 Å². The number of aromatic nitrogens is 2. The summed E-state index contributed by atoms with van der Waals surface area (Å²) in [6.07, 6.45) is -1.29. The summed E-state index contributed by atoms with van der Waals surface area (Å²) in [6.45, 7) is 2.52. The smallest absolute Gasteiger partial charge is 0.380 e. The highest BCUT2D eigenvalue weighted by Gasteiger charge is 2.35. The zero-order chi connectivity index (χ0) is 27.4. The number of nitrogens with zero attached hydrogens (tertiary/aromatic N) is 2. The van der Waals surface area contributed by atoms with Gasteiger partial charge in [0.15, 0.2) is 0 Å². The molecule has 3 heterocycles. The molecule has 10 heteroatoms. The first-order valence-corrected chi connectivity index (χ1v) is 12.9. The highest BCUT2D eigenvalue weighted by Crippen LogP contribution is 2.39. The van der Waals surface area contributed by atoms with Crippen LogP contribution in [0.15, 0.2) is 79.1 Å². The fraction of sp³-hybridized carbons (Fsp3) is 0.241. The Kier molecular flexibility index (Phi) is 8.02. The van der Waals surface area contributed by atoms with Crippen molar-refractivity contribution in [3.8, 4) is 28.2 Å². The van der Waals surface area contributed by atoms with Crippen molar-refractivity contribution in [1.82, 2.24) is 20.2 Å². The van der Waals surface area contributed by atoms with Crippen molar-refractivity contribution in [2.75, 3.05) is 26.3 Å². The van der Waals surface area contributed by atoms with Gasteiger partial charge in [0.1, 0.15) is 0 Å². The Morgan fingerprint density at radius 2 is 1.64 bits per heavy atom. The number of hydrogen-bond acceptors (Lipinski definition) is 4. The van der Waals surface area contributed by atoms with E-state index in [0.717, 1.165) is 25.3 Å².